The standard InChI is InChI=1S/C18H24N4O4S3/c1-3-11-27-18-20-19-17(28-18)21-29(24,25)13-7-8-15(26-2)14(12-13)16(23)22-9-5-4-6-10-22/h7-8,12H,3-6,9-11H2,1-2H3,(H,19,21). The Hall–Kier alpha value is -1.85. The summed E-state index contributed by atoms with van der Waals surface area (Å²) in [5, 5.41) is 8.09. The molecule has 1 aromatic heterocycles. The number of rotatable bonds is 8. The summed E-state index contributed by atoms with van der Waals surface area (Å²) in [6, 6.07) is 4.29. The number of nitrogens with one attached hydrogen (secondary N) is 1. The van der Waals surface area contributed by atoms with Crippen LogP contribution in [0.5, 0.6) is 5.75 Å². The zero-order valence-electron chi connectivity index (χ0n) is 16.4. The zero-order chi connectivity index (χ0) is 20.9. The van der Waals surface area contributed by atoms with Crippen LogP contribution in [0.25, 0.3) is 0 Å². The van der Waals surface area contributed by atoms with E-state index in [1.807, 2.05) is 0 Å². The fourth-order valence-corrected chi connectivity index (χ4v) is 5.89. The van der Waals surface area contributed by atoms with Gasteiger partial charge in [0.05, 0.1) is 17.6 Å². The molecule has 0 spiro atoms. The average molecular weight is 457 g/mol. The second-order valence-electron chi connectivity index (χ2n) is 6.54. The Morgan fingerprint density at radius 3 is 2.72 bits per heavy atom. The van der Waals surface area contributed by atoms with Gasteiger partial charge in [-0.3, -0.25) is 9.52 Å². The second-order valence-corrected chi connectivity index (χ2v) is 10.5. The summed E-state index contributed by atoms with van der Waals surface area (Å²) in [5.74, 6) is 1.03. The van der Waals surface area contributed by atoms with Crippen molar-refractivity contribution in [1.82, 2.24) is 15.1 Å². The van der Waals surface area contributed by atoms with Crippen molar-refractivity contribution in [3.05, 3.63) is 23.8 Å². The molecule has 1 aliphatic heterocycles. The summed E-state index contributed by atoms with van der Waals surface area (Å²) < 4.78 is 34.1. The van der Waals surface area contributed by atoms with E-state index >= 15 is 0 Å². The number of nitrogens with zero attached hydrogens (tertiary/aromatic N) is 3. The molecule has 0 aliphatic carbocycles. The lowest BCUT2D eigenvalue weighted by atomic mass is 10.1. The normalized spacial score (nSPS) is 14.6. The number of carbonyl (C=O) groups excluding carboxylic acids is 1. The molecule has 3 rings (SSSR count). The highest BCUT2D eigenvalue weighted by atomic mass is 32.2. The monoisotopic (exact) mass is 456 g/mol. The van der Waals surface area contributed by atoms with Crippen molar-refractivity contribution in [1.29, 1.82) is 0 Å². The molecule has 0 bridgehead atoms. The van der Waals surface area contributed by atoms with Crippen molar-refractivity contribution in [2.45, 2.75) is 41.8 Å². The van der Waals surface area contributed by atoms with E-state index in [0.717, 1.165) is 31.4 Å². The highest BCUT2D eigenvalue weighted by Crippen LogP contribution is 2.29. The number of carbonyl (C=O) groups is 1. The molecule has 11 heteroatoms. The summed E-state index contributed by atoms with van der Waals surface area (Å²) in [6.45, 7) is 3.39. The largest absolute Gasteiger partial charge is 0.496 e. The van der Waals surface area contributed by atoms with Crippen molar-refractivity contribution in [2.24, 2.45) is 0 Å². The molecule has 1 N–H and O–H groups in total. The molecular formula is C18H24N4O4S3. The topological polar surface area (TPSA) is 101 Å². The van der Waals surface area contributed by atoms with Gasteiger partial charge in [0.15, 0.2) is 4.34 Å². The third kappa shape index (κ3) is 5.40. The minimum absolute atomic E-state index is 0.0170. The maximum atomic E-state index is 12.9. The quantitative estimate of drug-likeness (QED) is 0.607. The van der Waals surface area contributed by atoms with Crippen LogP contribution in [0.15, 0.2) is 27.4 Å². The highest BCUT2D eigenvalue weighted by Gasteiger charge is 2.25. The lowest BCUT2D eigenvalue weighted by Gasteiger charge is -2.27. The molecule has 0 atom stereocenters. The van der Waals surface area contributed by atoms with Gasteiger partial charge >= 0.3 is 0 Å². The summed E-state index contributed by atoms with van der Waals surface area (Å²) in [5.41, 5.74) is 0.244. The van der Waals surface area contributed by atoms with E-state index in [-0.39, 0.29) is 21.5 Å². The molecule has 2 heterocycles. The average Bonchev–Trinajstić information content (AvgIpc) is 3.18. The smallest absolute Gasteiger partial charge is 0.263 e. The van der Waals surface area contributed by atoms with E-state index in [9.17, 15) is 13.2 Å². The Morgan fingerprint density at radius 2 is 2.03 bits per heavy atom. The van der Waals surface area contributed by atoms with E-state index in [1.165, 1.54) is 48.4 Å². The van der Waals surface area contributed by atoms with Crippen LogP contribution in [0.2, 0.25) is 0 Å². The molecule has 2 aromatic rings. The van der Waals surface area contributed by atoms with Crippen LogP contribution >= 0.6 is 23.1 Å². The SMILES string of the molecule is CCCSc1nnc(NS(=O)(=O)c2ccc(OC)c(C(=O)N3CCCCC3)c2)s1. The first kappa shape index (κ1) is 21.8. The molecule has 1 aliphatic rings. The number of aromatic nitrogens is 2. The highest BCUT2D eigenvalue weighted by molar-refractivity contribution is 8.01. The Balaban J connectivity index is 1.83. The van der Waals surface area contributed by atoms with Crippen LogP contribution in [0, 0.1) is 0 Å². The van der Waals surface area contributed by atoms with E-state index in [4.69, 9.17) is 4.74 Å². The van der Waals surface area contributed by atoms with E-state index in [0.29, 0.717) is 23.2 Å². The minimum Gasteiger partial charge on any atom is -0.496 e. The predicted molar refractivity (Wildman–Crippen MR) is 114 cm³/mol. The molecule has 1 amide bonds. The van der Waals surface area contributed by atoms with Gasteiger partial charge in [0.1, 0.15) is 5.75 Å². The van der Waals surface area contributed by atoms with Crippen molar-refractivity contribution in [2.75, 3.05) is 30.7 Å². The number of thioether (sulfide) groups is 1. The minimum atomic E-state index is -3.91. The maximum absolute atomic E-state index is 12.9. The first-order chi connectivity index (χ1) is 13.9. The van der Waals surface area contributed by atoms with E-state index in [2.05, 4.69) is 21.8 Å². The third-order valence-electron chi connectivity index (χ3n) is 4.41. The number of amides is 1. The molecule has 8 nitrogen and oxygen atoms in total. The molecule has 29 heavy (non-hydrogen) atoms. The van der Waals surface area contributed by atoms with Gasteiger partial charge in [0.25, 0.3) is 15.9 Å². The molecule has 0 radical (unpaired) electrons. The number of hydrogen-bond acceptors (Lipinski definition) is 8. The van der Waals surface area contributed by atoms with Gasteiger partial charge < -0.3 is 9.64 Å². The summed E-state index contributed by atoms with van der Waals surface area (Å²) in [7, 11) is -2.45. The zero-order valence-corrected chi connectivity index (χ0v) is 18.8. The van der Waals surface area contributed by atoms with Crippen molar-refractivity contribution in [3.8, 4) is 5.75 Å². The number of likely N-dealkylation sites (tertiary alicyclic amines) is 1. The number of anilines is 1. The van der Waals surface area contributed by atoms with Gasteiger partial charge in [0.2, 0.25) is 5.13 Å². The second kappa shape index (κ2) is 9.77. The molecule has 0 saturated carbocycles. The molecule has 1 saturated heterocycles. The number of piperidine rings is 1. The van der Waals surface area contributed by atoms with Gasteiger partial charge in [-0.05, 0) is 43.9 Å². The third-order valence-corrected chi connectivity index (χ3v) is 8.06. The maximum Gasteiger partial charge on any atom is 0.263 e. The summed E-state index contributed by atoms with van der Waals surface area (Å²) in [4.78, 5) is 14.7. The predicted octanol–water partition coefficient (Wildman–Crippen LogP) is 3.48. The van der Waals surface area contributed by atoms with Crippen LogP contribution in [-0.2, 0) is 10.0 Å². The lowest BCUT2D eigenvalue weighted by molar-refractivity contribution is 0.0720. The molecule has 158 valence electrons. The van der Waals surface area contributed by atoms with E-state index < -0.39 is 10.0 Å². The first-order valence-electron chi connectivity index (χ1n) is 9.41. The number of hydrogen-bond donors (Lipinski definition) is 1. The lowest BCUT2D eigenvalue weighted by Crippen LogP contribution is -2.35. The van der Waals surface area contributed by atoms with Crippen molar-refractivity contribution in [3.63, 3.8) is 0 Å². The number of sulfonamides is 1. The Kier molecular flexibility index (Phi) is 7.36. The van der Waals surface area contributed by atoms with Crippen molar-refractivity contribution < 1.29 is 17.9 Å². The summed E-state index contributed by atoms with van der Waals surface area (Å²) >= 11 is 2.72. The van der Waals surface area contributed by atoms with Crippen LogP contribution in [0.4, 0.5) is 5.13 Å². The Morgan fingerprint density at radius 1 is 1.28 bits per heavy atom. The van der Waals surface area contributed by atoms with Crippen molar-refractivity contribution >= 4 is 44.2 Å². The Labute approximate surface area is 179 Å². The fraction of sp³-hybridized carbons (Fsp3) is 0.500. The first-order valence-corrected chi connectivity index (χ1v) is 12.7. The number of methoxy groups -OCH3 is 1. The van der Waals surface area contributed by atoms with Crippen LogP contribution in [0.3, 0.4) is 0 Å². The number of ether oxygens (including phenoxy) is 1. The van der Waals surface area contributed by atoms with Gasteiger partial charge in [-0.15, -0.1) is 10.2 Å². The fourth-order valence-electron chi connectivity index (χ4n) is 2.96. The van der Waals surface area contributed by atoms with Gasteiger partial charge in [-0.25, -0.2) is 8.42 Å². The number of benzene rings is 1. The van der Waals surface area contributed by atoms with Gasteiger partial charge in [0, 0.05) is 18.8 Å². The van der Waals surface area contributed by atoms with Gasteiger partial charge in [-0.1, -0.05) is 30.0 Å². The molecule has 0 unspecified atom stereocenters. The van der Waals surface area contributed by atoms with E-state index in [1.54, 1.807) is 4.90 Å². The van der Waals surface area contributed by atoms with Crippen LogP contribution in [0.1, 0.15) is 43.0 Å². The summed E-state index contributed by atoms with van der Waals surface area (Å²) in [6.07, 6.45) is 3.98. The Bertz CT molecular complexity index is 956. The van der Waals surface area contributed by atoms with Crippen LogP contribution < -0.4 is 9.46 Å². The molecular weight excluding hydrogens is 432 g/mol. The molecule has 1 aromatic carbocycles. The van der Waals surface area contributed by atoms with Crippen LogP contribution in [-0.4, -0.2) is 55.4 Å². The molecule has 1 fully saturated rings. The van der Waals surface area contributed by atoms with Gasteiger partial charge in [-0.2, -0.15) is 0 Å².